The molecule has 1 aromatic rings. The van der Waals surface area contributed by atoms with Gasteiger partial charge in [0.05, 0.1) is 0 Å². The minimum absolute atomic E-state index is 0.692. The SMILES string of the molecule is CCNC1CCCN(Cc2ccccc2CC)C1. The Bertz CT molecular complexity index is 360. The fourth-order valence-electron chi connectivity index (χ4n) is 2.95. The number of aryl methyl sites for hydroxylation is 1. The van der Waals surface area contributed by atoms with Gasteiger partial charge < -0.3 is 5.32 Å². The van der Waals surface area contributed by atoms with Gasteiger partial charge in [-0.15, -0.1) is 0 Å². The van der Waals surface area contributed by atoms with Crippen molar-refractivity contribution < 1.29 is 0 Å². The van der Waals surface area contributed by atoms with Crippen molar-refractivity contribution in [3.05, 3.63) is 35.4 Å². The van der Waals surface area contributed by atoms with Gasteiger partial charge in [0.2, 0.25) is 0 Å². The number of nitrogens with zero attached hydrogens (tertiary/aromatic N) is 1. The van der Waals surface area contributed by atoms with Crippen LogP contribution >= 0.6 is 0 Å². The summed E-state index contributed by atoms with van der Waals surface area (Å²) in [4.78, 5) is 2.60. The molecule has 0 bridgehead atoms. The first-order valence-electron chi connectivity index (χ1n) is 7.36. The molecule has 0 radical (unpaired) electrons. The zero-order valence-electron chi connectivity index (χ0n) is 11.8. The number of benzene rings is 1. The molecule has 100 valence electrons. The molecule has 2 nitrogen and oxygen atoms in total. The van der Waals surface area contributed by atoms with E-state index in [0.29, 0.717) is 6.04 Å². The van der Waals surface area contributed by atoms with Crippen LogP contribution in [0.5, 0.6) is 0 Å². The van der Waals surface area contributed by atoms with Crippen molar-refractivity contribution >= 4 is 0 Å². The highest BCUT2D eigenvalue weighted by molar-refractivity contribution is 5.27. The third kappa shape index (κ3) is 3.56. The smallest absolute Gasteiger partial charge is 0.0237 e. The summed E-state index contributed by atoms with van der Waals surface area (Å²) in [6.45, 7) is 9.10. The number of hydrogen-bond acceptors (Lipinski definition) is 2. The average molecular weight is 246 g/mol. The zero-order valence-corrected chi connectivity index (χ0v) is 11.8. The first kappa shape index (κ1) is 13.6. The molecule has 2 heteroatoms. The highest BCUT2D eigenvalue weighted by atomic mass is 15.2. The molecule has 0 amide bonds. The molecule has 18 heavy (non-hydrogen) atoms. The van der Waals surface area contributed by atoms with Crippen LogP contribution in [0.4, 0.5) is 0 Å². The van der Waals surface area contributed by atoms with Gasteiger partial charge in [-0.25, -0.2) is 0 Å². The van der Waals surface area contributed by atoms with E-state index in [1.165, 1.54) is 37.1 Å². The first-order valence-corrected chi connectivity index (χ1v) is 7.36. The molecule has 1 atom stereocenters. The summed E-state index contributed by atoms with van der Waals surface area (Å²) in [5.74, 6) is 0. The second-order valence-corrected chi connectivity index (χ2v) is 5.25. The highest BCUT2D eigenvalue weighted by Gasteiger charge is 2.19. The molecule has 1 heterocycles. The molecule has 0 aliphatic carbocycles. The first-order chi connectivity index (χ1) is 8.83. The normalized spacial score (nSPS) is 21.1. The van der Waals surface area contributed by atoms with Crippen molar-refractivity contribution in [2.24, 2.45) is 0 Å². The topological polar surface area (TPSA) is 15.3 Å². The van der Waals surface area contributed by atoms with E-state index in [-0.39, 0.29) is 0 Å². The van der Waals surface area contributed by atoms with Crippen LogP contribution in [0.1, 0.15) is 37.8 Å². The maximum Gasteiger partial charge on any atom is 0.0237 e. The van der Waals surface area contributed by atoms with Gasteiger partial charge in [-0.2, -0.15) is 0 Å². The molecule has 1 aromatic carbocycles. The summed E-state index contributed by atoms with van der Waals surface area (Å²) in [5.41, 5.74) is 3.01. The van der Waals surface area contributed by atoms with E-state index in [4.69, 9.17) is 0 Å². The van der Waals surface area contributed by atoms with E-state index in [9.17, 15) is 0 Å². The van der Waals surface area contributed by atoms with E-state index in [1.54, 1.807) is 0 Å². The Kier molecular flexibility index (Phi) is 5.21. The van der Waals surface area contributed by atoms with Crippen molar-refractivity contribution in [2.75, 3.05) is 19.6 Å². The van der Waals surface area contributed by atoms with Crippen LogP contribution in [-0.2, 0) is 13.0 Å². The number of nitrogens with one attached hydrogen (secondary N) is 1. The lowest BCUT2D eigenvalue weighted by Crippen LogP contribution is -2.45. The molecule has 1 saturated heterocycles. The maximum atomic E-state index is 3.59. The zero-order chi connectivity index (χ0) is 12.8. The predicted octanol–water partition coefficient (Wildman–Crippen LogP) is 2.82. The van der Waals surface area contributed by atoms with Crippen LogP contribution < -0.4 is 5.32 Å². The summed E-state index contributed by atoms with van der Waals surface area (Å²) in [7, 11) is 0. The molecule has 1 aliphatic heterocycles. The van der Waals surface area contributed by atoms with Gasteiger partial charge in [-0.05, 0) is 43.5 Å². The average Bonchev–Trinajstić information content (AvgIpc) is 2.40. The molecular weight excluding hydrogens is 220 g/mol. The molecule has 1 aliphatic rings. The van der Waals surface area contributed by atoms with E-state index >= 15 is 0 Å². The predicted molar refractivity (Wildman–Crippen MR) is 77.8 cm³/mol. The van der Waals surface area contributed by atoms with Gasteiger partial charge in [0.25, 0.3) is 0 Å². The fourth-order valence-corrected chi connectivity index (χ4v) is 2.95. The van der Waals surface area contributed by atoms with Crippen molar-refractivity contribution in [3.63, 3.8) is 0 Å². The van der Waals surface area contributed by atoms with Crippen LogP contribution in [0.25, 0.3) is 0 Å². The lowest BCUT2D eigenvalue weighted by atomic mass is 10.0. The Labute approximate surface area is 111 Å². The van der Waals surface area contributed by atoms with E-state index in [0.717, 1.165) is 19.5 Å². The minimum atomic E-state index is 0.692. The number of likely N-dealkylation sites (tertiary alicyclic amines) is 1. The number of likely N-dealkylation sites (N-methyl/N-ethyl adjacent to an activating group) is 1. The highest BCUT2D eigenvalue weighted by Crippen LogP contribution is 2.16. The molecule has 1 N–H and O–H groups in total. The van der Waals surface area contributed by atoms with Crippen molar-refractivity contribution in [2.45, 2.75) is 45.7 Å². The Hall–Kier alpha value is -0.860. The van der Waals surface area contributed by atoms with Gasteiger partial charge >= 0.3 is 0 Å². The molecule has 0 spiro atoms. The summed E-state index contributed by atoms with van der Waals surface area (Å²) in [6, 6.07) is 9.56. The fraction of sp³-hybridized carbons (Fsp3) is 0.625. The molecular formula is C16H26N2. The van der Waals surface area contributed by atoms with Crippen LogP contribution in [0, 0.1) is 0 Å². The Morgan fingerprint density at radius 3 is 2.72 bits per heavy atom. The Morgan fingerprint density at radius 2 is 2.00 bits per heavy atom. The van der Waals surface area contributed by atoms with Crippen molar-refractivity contribution in [3.8, 4) is 0 Å². The summed E-state index contributed by atoms with van der Waals surface area (Å²) < 4.78 is 0. The van der Waals surface area contributed by atoms with E-state index in [1.807, 2.05) is 0 Å². The summed E-state index contributed by atoms with van der Waals surface area (Å²) in [6.07, 6.45) is 3.80. The maximum absolute atomic E-state index is 3.59. The molecule has 0 saturated carbocycles. The van der Waals surface area contributed by atoms with Crippen LogP contribution in [0.3, 0.4) is 0 Å². The van der Waals surface area contributed by atoms with Gasteiger partial charge in [0.1, 0.15) is 0 Å². The van der Waals surface area contributed by atoms with Gasteiger partial charge in [0, 0.05) is 19.1 Å². The quantitative estimate of drug-likeness (QED) is 0.859. The van der Waals surface area contributed by atoms with E-state index in [2.05, 4.69) is 48.3 Å². The van der Waals surface area contributed by atoms with Gasteiger partial charge in [-0.3, -0.25) is 4.90 Å². The Morgan fingerprint density at radius 1 is 1.22 bits per heavy atom. The lowest BCUT2D eigenvalue weighted by molar-refractivity contribution is 0.184. The third-order valence-electron chi connectivity index (χ3n) is 3.89. The molecule has 2 rings (SSSR count). The Balaban J connectivity index is 1.96. The standard InChI is InChI=1S/C16H26N2/c1-3-14-8-5-6-9-15(14)12-18-11-7-10-16(13-18)17-4-2/h5-6,8-9,16-17H,3-4,7,10-13H2,1-2H3. The largest absolute Gasteiger partial charge is 0.313 e. The molecule has 1 unspecified atom stereocenters. The number of rotatable bonds is 5. The molecule has 1 fully saturated rings. The minimum Gasteiger partial charge on any atom is -0.313 e. The molecule has 0 aromatic heterocycles. The number of hydrogen-bond donors (Lipinski definition) is 1. The van der Waals surface area contributed by atoms with E-state index < -0.39 is 0 Å². The third-order valence-corrected chi connectivity index (χ3v) is 3.89. The van der Waals surface area contributed by atoms with Crippen LogP contribution in [0.2, 0.25) is 0 Å². The summed E-state index contributed by atoms with van der Waals surface area (Å²) >= 11 is 0. The lowest BCUT2D eigenvalue weighted by Gasteiger charge is -2.33. The van der Waals surface area contributed by atoms with Gasteiger partial charge in [0.15, 0.2) is 0 Å². The van der Waals surface area contributed by atoms with Crippen molar-refractivity contribution in [1.82, 2.24) is 10.2 Å². The van der Waals surface area contributed by atoms with Crippen LogP contribution in [-0.4, -0.2) is 30.6 Å². The monoisotopic (exact) mass is 246 g/mol. The summed E-state index contributed by atoms with van der Waals surface area (Å²) in [5, 5.41) is 3.59. The van der Waals surface area contributed by atoms with Crippen LogP contribution in [0.15, 0.2) is 24.3 Å². The number of piperidine rings is 1. The second kappa shape index (κ2) is 6.91. The van der Waals surface area contributed by atoms with Crippen molar-refractivity contribution in [1.29, 1.82) is 0 Å². The van der Waals surface area contributed by atoms with Gasteiger partial charge in [-0.1, -0.05) is 38.1 Å². The second-order valence-electron chi connectivity index (χ2n) is 5.25.